The number of benzene rings is 2. The first-order valence-electron chi connectivity index (χ1n) is 7.05. The predicted octanol–water partition coefficient (Wildman–Crippen LogP) is 2.45. The molecule has 2 rings (SSSR count). The van der Waals surface area contributed by atoms with Crippen molar-refractivity contribution in [1.82, 2.24) is 5.32 Å². The van der Waals surface area contributed by atoms with Crippen LogP contribution in [-0.2, 0) is 9.59 Å². The van der Waals surface area contributed by atoms with Gasteiger partial charge in [-0.1, -0.05) is 54.1 Å². The normalized spacial score (nSPS) is 13.0. The number of hydrogen-bond donors (Lipinski definition) is 2. The van der Waals surface area contributed by atoms with Crippen molar-refractivity contribution >= 4 is 23.4 Å². The Kier molecular flexibility index (Phi) is 5.60. The fourth-order valence-corrected chi connectivity index (χ4v) is 2.19. The molecule has 3 N–H and O–H groups in total. The number of amides is 2. The molecule has 120 valence electrons. The Morgan fingerprint density at radius 1 is 1.09 bits per heavy atom. The van der Waals surface area contributed by atoms with Gasteiger partial charge in [0.15, 0.2) is 6.10 Å². The van der Waals surface area contributed by atoms with E-state index in [4.69, 9.17) is 22.1 Å². The van der Waals surface area contributed by atoms with Crippen LogP contribution in [0.1, 0.15) is 18.5 Å². The fourth-order valence-electron chi connectivity index (χ4n) is 2.01. The molecule has 6 heteroatoms. The molecule has 0 heterocycles. The van der Waals surface area contributed by atoms with Crippen LogP contribution in [0.3, 0.4) is 0 Å². The Balaban J connectivity index is 2.07. The van der Waals surface area contributed by atoms with Crippen molar-refractivity contribution in [3.05, 3.63) is 65.2 Å². The van der Waals surface area contributed by atoms with Gasteiger partial charge in [-0.3, -0.25) is 9.59 Å². The van der Waals surface area contributed by atoms with Crippen LogP contribution in [0.25, 0.3) is 0 Å². The third-order valence-electron chi connectivity index (χ3n) is 3.21. The minimum atomic E-state index is -0.916. The van der Waals surface area contributed by atoms with Crippen molar-refractivity contribution in [1.29, 1.82) is 0 Å². The Morgan fingerprint density at radius 3 is 2.30 bits per heavy atom. The Bertz CT molecular complexity index is 691. The molecule has 2 amide bonds. The molecule has 0 bridgehead atoms. The number of para-hydroxylation sites is 1. The van der Waals surface area contributed by atoms with Crippen molar-refractivity contribution in [3.8, 4) is 5.75 Å². The predicted molar refractivity (Wildman–Crippen MR) is 88.1 cm³/mol. The summed E-state index contributed by atoms with van der Waals surface area (Å²) in [6.07, 6.45) is -0.833. The number of primary amides is 1. The zero-order chi connectivity index (χ0) is 16.8. The quantitative estimate of drug-likeness (QED) is 0.852. The maximum Gasteiger partial charge on any atom is 0.261 e. The lowest BCUT2D eigenvalue weighted by atomic mass is 10.1. The SMILES string of the molecule is C[C@H](Oc1ccccc1Cl)C(=O)N[C@H](C(N)=O)c1ccccc1. The molecular formula is C17H17ClN2O3. The van der Waals surface area contributed by atoms with Gasteiger partial charge in [0.05, 0.1) is 5.02 Å². The van der Waals surface area contributed by atoms with Crippen LogP contribution in [0.4, 0.5) is 0 Å². The number of hydrogen-bond acceptors (Lipinski definition) is 3. The van der Waals surface area contributed by atoms with E-state index in [2.05, 4.69) is 5.32 Å². The largest absolute Gasteiger partial charge is 0.479 e. The Morgan fingerprint density at radius 2 is 1.70 bits per heavy atom. The van der Waals surface area contributed by atoms with Gasteiger partial charge in [-0.2, -0.15) is 0 Å². The molecule has 0 aliphatic heterocycles. The summed E-state index contributed by atoms with van der Waals surface area (Å²) >= 11 is 5.99. The molecule has 0 fully saturated rings. The molecule has 2 atom stereocenters. The third-order valence-corrected chi connectivity index (χ3v) is 3.53. The number of carbonyl (C=O) groups excluding carboxylic acids is 2. The molecule has 0 saturated carbocycles. The molecule has 0 unspecified atom stereocenters. The molecule has 2 aromatic rings. The van der Waals surface area contributed by atoms with E-state index >= 15 is 0 Å². The van der Waals surface area contributed by atoms with Crippen molar-refractivity contribution < 1.29 is 14.3 Å². The highest BCUT2D eigenvalue weighted by atomic mass is 35.5. The summed E-state index contributed by atoms with van der Waals surface area (Å²) in [4.78, 5) is 23.9. The second-order valence-electron chi connectivity index (χ2n) is 4.95. The zero-order valence-electron chi connectivity index (χ0n) is 12.5. The van der Waals surface area contributed by atoms with Gasteiger partial charge in [-0.15, -0.1) is 0 Å². The molecule has 0 aliphatic carbocycles. The lowest BCUT2D eigenvalue weighted by Gasteiger charge is -2.20. The smallest absolute Gasteiger partial charge is 0.261 e. The van der Waals surface area contributed by atoms with Gasteiger partial charge in [-0.25, -0.2) is 0 Å². The summed E-state index contributed by atoms with van der Waals surface area (Å²) in [5, 5.41) is 2.99. The lowest BCUT2D eigenvalue weighted by molar-refractivity contribution is -0.131. The van der Waals surface area contributed by atoms with Gasteiger partial charge >= 0.3 is 0 Å². The first-order valence-corrected chi connectivity index (χ1v) is 7.42. The van der Waals surface area contributed by atoms with E-state index in [1.807, 2.05) is 6.07 Å². The van der Waals surface area contributed by atoms with Crippen molar-refractivity contribution in [2.45, 2.75) is 19.1 Å². The highest BCUT2D eigenvalue weighted by Crippen LogP contribution is 2.24. The van der Waals surface area contributed by atoms with Crippen molar-refractivity contribution in [2.24, 2.45) is 5.73 Å². The van der Waals surface area contributed by atoms with Gasteiger partial charge in [0.2, 0.25) is 5.91 Å². The topological polar surface area (TPSA) is 81.4 Å². The molecule has 2 aromatic carbocycles. The lowest BCUT2D eigenvalue weighted by Crippen LogP contribution is -2.43. The maximum absolute atomic E-state index is 12.3. The fraction of sp³-hybridized carbons (Fsp3) is 0.176. The van der Waals surface area contributed by atoms with Crippen LogP contribution in [0.2, 0.25) is 5.02 Å². The number of nitrogens with two attached hydrogens (primary N) is 1. The van der Waals surface area contributed by atoms with E-state index in [9.17, 15) is 9.59 Å². The molecule has 23 heavy (non-hydrogen) atoms. The number of halogens is 1. The van der Waals surface area contributed by atoms with Gasteiger partial charge in [0.25, 0.3) is 5.91 Å². The van der Waals surface area contributed by atoms with Crippen LogP contribution in [-0.4, -0.2) is 17.9 Å². The third kappa shape index (κ3) is 4.47. The first kappa shape index (κ1) is 16.8. The first-order chi connectivity index (χ1) is 11.0. The summed E-state index contributed by atoms with van der Waals surface area (Å²) < 4.78 is 5.53. The van der Waals surface area contributed by atoms with E-state index in [0.29, 0.717) is 16.3 Å². The molecule has 0 saturated heterocycles. The average molecular weight is 333 g/mol. The minimum absolute atomic E-state index is 0.396. The van der Waals surface area contributed by atoms with Crippen LogP contribution in [0.15, 0.2) is 54.6 Å². The average Bonchev–Trinajstić information content (AvgIpc) is 2.55. The second-order valence-corrected chi connectivity index (χ2v) is 5.35. The van der Waals surface area contributed by atoms with E-state index in [1.54, 1.807) is 55.5 Å². The summed E-state index contributed by atoms with van der Waals surface area (Å²) in [7, 11) is 0. The molecule has 0 spiro atoms. The number of nitrogens with one attached hydrogen (secondary N) is 1. The van der Waals surface area contributed by atoms with Crippen LogP contribution < -0.4 is 15.8 Å². The van der Waals surface area contributed by atoms with Crippen molar-refractivity contribution in [2.75, 3.05) is 0 Å². The zero-order valence-corrected chi connectivity index (χ0v) is 13.3. The van der Waals surface area contributed by atoms with E-state index in [0.717, 1.165) is 0 Å². The van der Waals surface area contributed by atoms with Crippen LogP contribution in [0, 0.1) is 0 Å². The Hall–Kier alpha value is -2.53. The van der Waals surface area contributed by atoms with E-state index in [1.165, 1.54) is 0 Å². The molecule has 0 aromatic heterocycles. The van der Waals surface area contributed by atoms with Crippen LogP contribution >= 0.6 is 11.6 Å². The van der Waals surface area contributed by atoms with Gasteiger partial charge in [0.1, 0.15) is 11.8 Å². The molecular weight excluding hydrogens is 316 g/mol. The maximum atomic E-state index is 12.3. The summed E-state index contributed by atoms with van der Waals surface area (Å²) in [6.45, 7) is 1.57. The highest BCUT2D eigenvalue weighted by molar-refractivity contribution is 6.32. The monoisotopic (exact) mass is 332 g/mol. The summed E-state index contributed by atoms with van der Waals surface area (Å²) in [5.74, 6) is -0.709. The summed E-state index contributed by atoms with van der Waals surface area (Å²) in [5.41, 5.74) is 5.99. The molecule has 0 radical (unpaired) electrons. The van der Waals surface area contributed by atoms with Gasteiger partial charge in [-0.05, 0) is 24.6 Å². The number of carbonyl (C=O) groups is 2. The number of rotatable bonds is 6. The number of ether oxygens (including phenoxy) is 1. The molecule has 0 aliphatic rings. The van der Waals surface area contributed by atoms with Gasteiger partial charge in [0, 0.05) is 0 Å². The second kappa shape index (κ2) is 7.65. The highest BCUT2D eigenvalue weighted by Gasteiger charge is 2.24. The Labute approximate surface area is 139 Å². The van der Waals surface area contributed by atoms with E-state index in [-0.39, 0.29) is 0 Å². The minimum Gasteiger partial charge on any atom is -0.479 e. The molecule has 5 nitrogen and oxygen atoms in total. The summed E-state index contributed by atoms with van der Waals surface area (Å²) in [6, 6.07) is 14.7. The standard InChI is InChI=1S/C17H17ClN2O3/c1-11(23-14-10-6-5-9-13(14)18)17(22)20-15(16(19)21)12-7-3-2-4-8-12/h2-11,15H,1H3,(H2,19,21)(H,20,22)/t11-,15-/m0/s1. The van der Waals surface area contributed by atoms with Crippen LogP contribution in [0.5, 0.6) is 5.75 Å². The van der Waals surface area contributed by atoms with Gasteiger partial charge < -0.3 is 15.8 Å². The van der Waals surface area contributed by atoms with E-state index < -0.39 is 24.0 Å². The van der Waals surface area contributed by atoms with Crippen molar-refractivity contribution in [3.63, 3.8) is 0 Å².